The van der Waals surface area contributed by atoms with E-state index in [1.807, 2.05) is 26.0 Å². The average molecular weight is 425 g/mol. The molecule has 2 aromatic heterocycles. The lowest BCUT2D eigenvalue weighted by Crippen LogP contribution is -2.16. The highest BCUT2D eigenvalue weighted by molar-refractivity contribution is 6.04. The predicted octanol–water partition coefficient (Wildman–Crippen LogP) is 5.90. The van der Waals surface area contributed by atoms with Gasteiger partial charge in [0, 0.05) is 34.6 Å². The van der Waals surface area contributed by atoms with Gasteiger partial charge in [-0.1, -0.05) is 12.1 Å². The van der Waals surface area contributed by atoms with Crippen molar-refractivity contribution in [1.82, 2.24) is 9.13 Å². The molecule has 2 heterocycles. The molecule has 5 rings (SSSR count). The molecule has 0 N–H and O–H groups in total. The Kier molecular flexibility index (Phi) is 4.52. The predicted molar refractivity (Wildman–Crippen MR) is 135 cm³/mol. The number of hydrogen-bond donors (Lipinski definition) is 0. The Labute approximate surface area is 186 Å². The van der Waals surface area contributed by atoms with Crippen LogP contribution in [0.1, 0.15) is 36.1 Å². The molecular formula is C28H28N2O2. The van der Waals surface area contributed by atoms with Gasteiger partial charge in [0.15, 0.2) is 10.9 Å². The second-order valence-electron chi connectivity index (χ2n) is 8.99. The zero-order valence-corrected chi connectivity index (χ0v) is 19.6. The lowest BCUT2D eigenvalue weighted by atomic mass is 9.99. The number of nitrogens with zero attached hydrogens (tertiary/aromatic N) is 2. The maximum atomic E-state index is 13.7. The van der Waals surface area contributed by atoms with Gasteiger partial charge in [-0.15, -0.1) is 0 Å². The fraction of sp³-hybridized carbons (Fsp3) is 0.286. The maximum Gasteiger partial charge on any atom is 0.197 e. The zero-order chi connectivity index (χ0) is 22.9. The van der Waals surface area contributed by atoms with Gasteiger partial charge in [-0.25, -0.2) is 0 Å². The molecule has 0 saturated heterocycles. The SMILES string of the molecule is CCn1c2cc3c(=O)c4c(C)cc(C)cc4n(CC)c3cc2c(=O)c2c(C)cc(C)cc21. The Hall–Kier alpha value is -3.40. The summed E-state index contributed by atoms with van der Waals surface area (Å²) in [5.74, 6) is 0. The minimum absolute atomic E-state index is 0.0368. The number of benzene rings is 3. The minimum Gasteiger partial charge on any atom is -0.341 e. The molecule has 0 aliphatic carbocycles. The molecule has 4 heteroatoms. The molecule has 0 bridgehead atoms. The largest absolute Gasteiger partial charge is 0.341 e. The second-order valence-corrected chi connectivity index (χ2v) is 8.99. The highest BCUT2D eigenvalue weighted by atomic mass is 16.1. The Morgan fingerprint density at radius 2 is 0.938 bits per heavy atom. The molecular weight excluding hydrogens is 396 g/mol. The summed E-state index contributed by atoms with van der Waals surface area (Å²) in [4.78, 5) is 27.4. The molecule has 5 aromatic rings. The van der Waals surface area contributed by atoms with Crippen molar-refractivity contribution in [3.8, 4) is 0 Å². The van der Waals surface area contributed by atoms with Gasteiger partial charge in [0.2, 0.25) is 0 Å². The van der Waals surface area contributed by atoms with E-state index in [2.05, 4.69) is 61.1 Å². The van der Waals surface area contributed by atoms with Crippen molar-refractivity contribution in [2.24, 2.45) is 0 Å². The Balaban J connectivity index is 2.12. The average Bonchev–Trinajstić information content (AvgIpc) is 2.73. The molecule has 0 radical (unpaired) electrons. The van der Waals surface area contributed by atoms with Crippen LogP contribution in [0.15, 0.2) is 46.0 Å². The minimum atomic E-state index is 0.0368. The summed E-state index contributed by atoms with van der Waals surface area (Å²) >= 11 is 0. The van der Waals surface area contributed by atoms with Crippen LogP contribution in [0.4, 0.5) is 0 Å². The summed E-state index contributed by atoms with van der Waals surface area (Å²) in [6, 6.07) is 12.2. The van der Waals surface area contributed by atoms with Crippen molar-refractivity contribution in [2.45, 2.75) is 54.6 Å². The third kappa shape index (κ3) is 2.68. The number of fused-ring (bicyclic) bond motifs is 4. The number of aromatic nitrogens is 2. The number of hydrogen-bond acceptors (Lipinski definition) is 2. The lowest BCUT2D eigenvalue weighted by molar-refractivity contribution is 0.816. The molecule has 32 heavy (non-hydrogen) atoms. The summed E-state index contributed by atoms with van der Waals surface area (Å²) in [5, 5.41) is 2.87. The van der Waals surface area contributed by atoms with Crippen molar-refractivity contribution in [3.05, 3.63) is 79.1 Å². The first-order valence-electron chi connectivity index (χ1n) is 11.3. The Morgan fingerprint density at radius 1 is 0.562 bits per heavy atom. The highest BCUT2D eigenvalue weighted by Gasteiger charge is 2.18. The normalized spacial score (nSPS) is 11.9. The molecule has 0 atom stereocenters. The molecule has 0 aliphatic heterocycles. The number of aryl methyl sites for hydroxylation is 6. The lowest BCUT2D eigenvalue weighted by Gasteiger charge is -2.19. The Morgan fingerprint density at radius 3 is 1.28 bits per heavy atom. The van der Waals surface area contributed by atoms with Gasteiger partial charge in [-0.3, -0.25) is 9.59 Å². The fourth-order valence-electron chi connectivity index (χ4n) is 5.50. The summed E-state index contributed by atoms with van der Waals surface area (Å²) < 4.78 is 4.35. The van der Waals surface area contributed by atoms with Gasteiger partial charge in [0.25, 0.3) is 0 Å². The summed E-state index contributed by atoms with van der Waals surface area (Å²) in [5.41, 5.74) is 7.83. The molecule has 0 spiro atoms. The third-order valence-electron chi connectivity index (χ3n) is 6.77. The van der Waals surface area contributed by atoms with Crippen LogP contribution in [0, 0.1) is 27.7 Å². The van der Waals surface area contributed by atoms with E-state index < -0.39 is 0 Å². The summed E-state index contributed by atoms with van der Waals surface area (Å²) in [7, 11) is 0. The monoisotopic (exact) mass is 424 g/mol. The smallest absolute Gasteiger partial charge is 0.197 e. The van der Waals surface area contributed by atoms with Crippen molar-refractivity contribution in [2.75, 3.05) is 0 Å². The van der Waals surface area contributed by atoms with Gasteiger partial charge in [0.1, 0.15) is 0 Å². The molecule has 0 unspecified atom stereocenters. The van der Waals surface area contributed by atoms with Crippen molar-refractivity contribution in [1.29, 1.82) is 0 Å². The molecule has 0 saturated carbocycles. The van der Waals surface area contributed by atoms with Crippen molar-refractivity contribution >= 4 is 43.6 Å². The molecule has 0 amide bonds. The number of rotatable bonds is 2. The summed E-state index contributed by atoms with van der Waals surface area (Å²) in [6.07, 6.45) is 0. The van der Waals surface area contributed by atoms with Crippen LogP contribution in [-0.4, -0.2) is 9.13 Å². The van der Waals surface area contributed by atoms with E-state index in [9.17, 15) is 9.59 Å². The van der Waals surface area contributed by atoms with Gasteiger partial charge >= 0.3 is 0 Å². The first-order valence-corrected chi connectivity index (χ1v) is 11.3. The van der Waals surface area contributed by atoms with Gasteiger partial charge in [-0.2, -0.15) is 0 Å². The number of pyridine rings is 2. The van der Waals surface area contributed by atoms with Crippen molar-refractivity contribution < 1.29 is 0 Å². The maximum absolute atomic E-state index is 13.7. The van der Waals surface area contributed by atoms with E-state index in [1.165, 1.54) is 0 Å². The van der Waals surface area contributed by atoms with E-state index in [-0.39, 0.29) is 10.9 Å². The standard InChI is InChI=1S/C28H28N2O2/c1-7-29-21-13-20-22(14-19(21)27(31)25-17(5)9-15(3)11-23(25)29)30(8-2)24-12-16(4)10-18(6)26(24)28(20)32/h9-14H,7-8H2,1-6H3. The highest BCUT2D eigenvalue weighted by Crippen LogP contribution is 2.29. The fourth-order valence-corrected chi connectivity index (χ4v) is 5.50. The topological polar surface area (TPSA) is 44.0 Å². The first-order chi connectivity index (χ1) is 15.3. The quantitative estimate of drug-likeness (QED) is 0.331. The van der Waals surface area contributed by atoms with E-state index in [1.54, 1.807) is 0 Å². The van der Waals surface area contributed by atoms with E-state index in [0.29, 0.717) is 10.8 Å². The van der Waals surface area contributed by atoms with E-state index in [4.69, 9.17) is 0 Å². The molecule has 0 fully saturated rings. The zero-order valence-electron chi connectivity index (χ0n) is 19.6. The van der Waals surface area contributed by atoms with E-state index in [0.717, 1.165) is 68.2 Å². The van der Waals surface area contributed by atoms with Crippen LogP contribution in [0.3, 0.4) is 0 Å². The van der Waals surface area contributed by atoms with Crippen LogP contribution in [0.2, 0.25) is 0 Å². The van der Waals surface area contributed by atoms with Crippen LogP contribution in [0.5, 0.6) is 0 Å². The third-order valence-corrected chi connectivity index (χ3v) is 6.77. The van der Waals surface area contributed by atoms with Crippen LogP contribution in [-0.2, 0) is 13.1 Å². The van der Waals surface area contributed by atoms with E-state index >= 15 is 0 Å². The first kappa shape index (κ1) is 20.5. The van der Waals surface area contributed by atoms with Gasteiger partial charge in [-0.05, 0) is 88.1 Å². The van der Waals surface area contributed by atoms with Gasteiger partial charge in [0.05, 0.1) is 22.1 Å². The van der Waals surface area contributed by atoms with Crippen molar-refractivity contribution in [3.63, 3.8) is 0 Å². The van der Waals surface area contributed by atoms with Crippen LogP contribution in [0.25, 0.3) is 43.6 Å². The molecule has 3 aromatic carbocycles. The van der Waals surface area contributed by atoms with Crippen LogP contribution < -0.4 is 10.9 Å². The molecule has 0 aliphatic rings. The van der Waals surface area contributed by atoms with Crippen LogP contribution >= 0.6 is 0 Å². The Bertz CT molecular complexity index is 1590. The molecule has 162 valence electrons. The van der Waals surface area contributed by atoms with Gasteiger partial charge < -0.3 is 9.13 Å². The second kappa shape index (κ2) is 7.06. The molecule has 4 nitrogen and oxygen atoms in total. The summed E-state index contributed by atoms with van der Waals surface area (Å²) in [6.45, 7) is 13.7.